The summed E-state index contributed by atoms with van der Waals surface area (Å²) >= 11 is 0. The Labute approximate surface area is 158 Å². The third-order valence-electron chi connectivity index (χ3n) is 3.87. The quantitative estimate of drug-likeness (QED) is 0.191. The van der Waals surface area contributed by atoms with Gasteiger partial charge in [-0.2, -0.15) is 13.2 Å². The summed E-state index contributed by atoms with van der Waals surface area (Å²) in [5, 5.41) is 14.3. The summed E-state index contributed by atoms with van der Waals surface area (Å²) in [5.74, 6) is -2.84. The Balaban J connectivity index is 1.98. The normalized spacial score (nSPS) is 11.4. The van der Waals surface area contributed by atoms with Crippen LogP contribution in [0.2, 0.25) is 0 Å². The van der Waals surface area contributed by atoms with Crippen molar-refractivity contribution in [3.8, 4) is 17.2 Å². The molecule has 0 bridgehead atoms. The molecule has 14 heteroatoms. The predicted molar refractivity (Wildman–Crippen MR) is 87.3 cm³/mol. The highest BCUT2D eigenvalue weighted by molar-refractivity contribution is 5.55. The molecule has 0 radical (unpaired) electrons. The molecule has 1 aromatic carbocycles. The number of azide groups is 1. The number of aromatic nitrogens is 4. The van der Waals surface area contributed by atoms with E-state index in [2.05, 4.69) is 34.6 Å². The lowest BCUT2D eigenvalue weighted by Gasteiger charge is -2.10. The van der Waals surface area contributed by atoms with E-state index in [4.69, 9.17) is 5.53 Å². The van der Waals surface area contributed by atoms with Crippen molar-refractivity contribution in [3.63, 3.8) is 0 Å². The number of hydrogen-bond donors (Lipinski definition) is 0. The van der Waals surface area contributed by atoms with E-state index in [0.29, 0.717) is 36.0 Å². The summed E-state index contributed by atoms with van der Waals surface area (Å²) in [7, 11) is 0. The molecule has 2 aromatic heterocycles. The van der Waals surface area contributed by atoms with Gasteiger partial charge in [-0.1, -0.05) is 15.4 Å². The van der Waals surface area contributed by atoms with E-state index in [9.17, 15) is 22.4 Å². The lowest BCUT2D eigenvalue weighted by atomic mass is 10.1. The molecule has 0 saturated heterocycles. The molecule has 3 aromatic rings. The summed E-state index contributed by atoms with van der Waals surface area (Å²) in [6.45, 7) is 0.265. The van der Waals surface area contributed by atoms with Gasteiger partial charge in [-0.3, -0.25) is 4.52 Å². The molecule has 0 fully saturated rings. The van der Waals surface area contributed by atoms with E-state index in [1.807, 2.05) is 0 Å². The number of aryl methyl sites for hydroxylation is 1. The molecule has 0 spiro atoms. The summed E-state index contributed by atoms with van der Waals surface area (Å²) < 4.78 is 62.5. The molecule has 0 amide bonds. The second-order valence-electron chi connectivity index (χ2n) is 5.74. The molecular weight excluding hydrogens is 402 g/mol. The summed E-state index contributed by atoms with van der Waals surface area (Å²) in [5.41, 5.74) is 6.63. The van der Waals surface area contributed by atoms with Gasteiger partial charge < -0.3 is 0 Å². The Bertz CT molecular complexity index is 1110. The largest absolute Gasteiger partial charge is 0.446 e. The Morgan fingerprint density at radius 2 is 2.00 bits per heavy atom. The van der Waals surface area contributed by atoms with Crippen molar-refractivity contribution in [1.29, 1.82) is 0 Å². The van der Waals surface area contributed by atoms with Crippen LogP contribution in [0.25, 0.3) is 27.6 Å². The van der Waals surface area contributed by atoms with Gasteiger partial charge in [0, 0.05) is 11.5 Å². The second-order valence-corrected chi connectivity index (χ2v) is 5.74. The third-order valence-corrected chi connectivity index (χ3v) is 3.87. The van der Waals surface area contributed by atoms with Crippen molar-refractivity contribution < 1.29 is 26.7 Å². The fourth-order valence-corrected chi connectivity index (χ4v) is 2.56. The first-order valence-electron chi connectivity index (χ1n) is 8.11. The minimum absolute atomic E-state index is 0.0162. The van der Waals surface area contributed by atoms with Crippen LogP contribution in [0.1, 0.15) is 24.1 Å². The molecule has 0 unspecified atom stereocenters. The molecule has 2 heterocycles. The summed E-state index contributed by atoms with van der Waals surface area (Å²) in [6.07, 6.45) is -3.60. The molecule has 152 valence electrons. The molecule has 0 aliphatic heterocycles. The molecule has 3 rings (SSSR count). The van der Waals surface area contributed by atoms with Crippen LogP contribution in [0.15, 0.2) is 37.3 Å². The second kappa shape index (κ2) is 8.14. The Morgan fingerprint density at radius 3 is 2.72 bits per heavy atom. The minimum Gasteiger partial charge on any atom is -0.295 e. The van der Waals surface area contributed by atoms with Crippen LogP contribution < -0.4 is 5.76 Å². The number of halogens is 4. The van der Waals surface area contributed by atoms with E-state index in [-0.39, 0.29) is 29.4 Å². The standard InChI is InChI=1S/C15H11F4N7O3/c16-10-5-4-8(7-9(10)15(17,18)19)26-13(24-28-14(26)27)12-11(22-29-23-12)3-1-2-6-21-25-20/h4-5,7H,1-3,6H2. The van der Waals surface area contributed by atoms with E-state index in [1.54, 1.807) is 0 Å². The monoisotopic (exact) mass is 413 g/mol. The number of nitrogens with zero attached hydrogens (tertiary/aromatic N) is 7. The fraction of sp³-hybridized carbons (Fsp3) is 0.333. The van der Waals surface area contributed by atoms with Gasteiger partial charge in [-0.25, -0.2) is 18.4 Å². The first-order valence-corrected chi connectivity index (χ1v) is 8.11. The van der Waals surface area contributed by atoms with Crippen molar-refractivity contribution in [2.75, 3.05) is 6.54 Å². The van der Waals surface area contributed by atoms with Crippen LogP contribution >= 0.6 is 0 Å². The van der Waals surface area contributed by atoms with E-state index in [0.717, 1.165) is 6.07 Å². The first-order chi connectivity index (χ1) is 13.8. The summed E-state index contributed by atoms with van der Waals surface area (Å²) in [4.78, 5) is 14.7. The molecule has 0 N–H and O–H groups in total. The van der Waals surface area contributed by atoms with Crippen molar-refractivity contribution in [3.05, 3.63) is 56.3 Å². The van der Waals surface area contributed by atoms with E-state index in [1.165, 1.54) is 0 Å². The van der Waals surface area contributed by atoms with E-state index >= 15 is 0 Å². The Kier molecular flexibility index (Phi) is 5.64. The lowest BCUT2D eigenvalue weighted by molar-refractivity contribution is -0.140. The molecule has 0 atom stereocenters. The van der Waals surface area contributed by atoms with E-state index < -0.39 is 23.3 Å². The molecule has 29 heavy (non-hydrogen) atoms. The van der Waals surface area contributed by atoms with Crippen molar-refractivity contribution in [2.24, 2.45) is 5.11 Å². The Hall–Kier alpha value is -3.67. The van der Waals surface area contributed by atoms with Gasteiger partial charge in [0.2, 0.25) is 5.82 Å². The van der Waals surface area contributed by atoms with Crippen LogP contribution in [0.3, 0.4) is 0 Å². The molecule has 10 nitrogen and oxygen atoms in total. The fourth-order valence-electron chi connectivity index (χ4n) is 2.56. The van der Waals surface area contributed by atoms with Crippen LogP contribution in [0, 0.1) is 5.82 Å². The zero-order chi connectivity index (χ0) is 21.0. The Morgan fingerprint density at radius 1 is 1.21 bits per heavy atom. The maximum Gasteiger partial charge on any atom is 0.446 e. The van der Waals surface area contributed by atoms with Gasteiger partial charge in [0.05, 0.1) is 11.3 Å². The first kappa shape index (κ1) is 20.1. The zero-order valence-corrected chi connectivity index (χ0v) is 14.4. The minimum atomic E-state index is -4.96. The maximum absolute atomic E-state index is 13.6. The molecule has 0 saturated carbocycles. The molecule has 0 aliphatic carbocycles. The average Bonchev–Trinajstić information content (AvgIpc) is 3.27. The molecule has 0 aliphatic rings. The SMILES string of the molecule is [N-]=[N+]=NCCCCc1nonc1-c1noc(=O)n1-c1ccc(F)c(C(F)(F)F)c1. The van der Waals surface area contributed by atoms with Crippen molar-refractivity contribution >= 4 is 0 Å². The van der Waals surface area contributed by atoms with Gasteiger partial charge in [0.15, 0.2) is 5.69 Å². The summed E-state index contributed by atoms with van der Waals surface area (Å²) in [6, 6.07) is 2.02. The average molecular weight is 413 g/mol. The number of rotatable bonds is 7. The number of hydrogen-bond acceptors (Lipinski definition) is 7. The van der Waals surface area contributed by atoms with Gasteiger partial charge in [-0.15, -0.1) is 0 Å². The number of unbranched alkanes of at least 4 members (excludes halogenated alkanes) is 1. The molecular formula is C15H11F4N7O3. The highest BCUT2D eigenvalue weighted by Crippen LogP contribution is 2.33. The highest BCUT2D eigenvalue weighted by Gasteiger charge is 2.35. The zero-order valence-electron chi connectivity index (χ0n) is 14.4. The maximum atomic E-state index is 13.6. The predicted octanol–water partition coefficient (Wildman–Crippen LogP) is 3.67. The highest BCUT2D eigenvalue weighted by atomic mass is 19.4. The van der Waals surface area contributed by atoms with Crippen LogP contribution in [-0.2, 0) is 12.6 Å². The van der Waals surface area contributed by atoms with Gasteiger partial charge >= 0.3 is 11.9 Å². The number of benzene rings is 1. The van der Waals surface area contributed by atoms with Gasteiger partial charge in [0.1, 0.15) is 11.5 Å². The smallest absolute Gasteiger partial charge is 0.295 e. The van der Waals surface area contributed by atoms with Crippen molar-refractivity contribution in [1.82, 2.24) is 20.0 Å². The van der Waals surface area contributed by atoms with Crippen LogP contribution in [0.4, 0.5) is 17.6 Å². The van der Waals surface area contributed by atoms with Crippen LogP contribution in [-0.4, -0.2) is 26.6 Å². The van der Waals surface area contributed by atoms with Gasteiger partial charge in [-0.05, 0) is 48.1 Å². The number of alkyl halides is 3. The third kappa shape index (κ3) is 4.27. The topological polar surface area (TPSA) is 136 Å². The van der Waals surface area contributed by atoms with Crippen molar-refractivity contribution in [2.45, 2.75) is 25.4 Å². The van der Waals surface area contributed by atoms with Gasteiger partial charge in [0.25, 0.3) is 0 Å². The van der Waals surface area contributed by atoms with Crippen LogP contribution in [0.5, 0.6) is 0 Å². The lowest BCUT2D eigenvalue weighted by Crippen LogP contribution is -2.16.